The van der Waals surface area contributed by atoms with Gasteiger partial charge in [-0.2, -0.15) is 0 Å². The number of halogens is 1. The van der Waals surface area contributed by atoms with Crippen molar-refractivity contribution < 1.29 is 4.42 Å². The first-order valence-corrected chi connectivity index (χ1v) is 6.71. The fraction of sp³-hybridized carbons (Fsp3) is 0.231. The number of furan rings is 1. The molecule has 0 aliphatic rings. The summed E-state index contributed by atoms with van der Waals surface area (Å²) in [6, 6.07) is 9.90. The lowest BCUT2D eigenvalue weighted by molar-refractivity contribution is 0.472. The van der Waals surface area contributed by atoms with Gasteiger partial charge in [-0.3, -0.25) is 0 Å². The summed E-state index contributed by atoms with van der Waals surface area (Å²) >= 11 is 3.42. The van der Waals surface area contributed by atoms with Crippen LogP contribution in [0.5, 0.6) is 0 Å². The average Bonchev–Trinajstić information content (AvgIpc) is 2.97. The van der Waals surface area contributed by atoms with Crippen molar-refractivity contribution in [1.82, 2.24) is 20.3 Å². The van der Waals surface area contributed by atoms with E-state index in [4.69, 9.17) is 4.42 Å². The predicted octanol–water partition coefficient (Wildman–Crippen LogP) is 2.63. The highest BCUT2D eigenvalue weighted by atomic mass is 79.9. The molecule has 0 aliphatic heterocycles. The molecule has 2 heterocycles. The molecule has 2 aromatic heterocycles. The topological polar surface area (TPSA) is 55.9 Å². The number of hydrogen-bond acceptors (Lipinski definition) is 4. The minimum absolute atomic E-state index is 0.0956. The Morgan fingerprint density at radius 2 is 2.16 bits per heavy atom. The smallest absolute Gasteiger partial charge is 0.153 e. The maximum atomic E-state index is 5.90. The second kappa shape index (κ2) is 4.79. The van der Waals surface area contributed by atoms with Crippen LogP contribution >= 0.6 is 15.9 Å². The van der Waals surface area contributed by atoms with Crippen molar-refractivity contribution in [2.45, 2.75) is 6.04 Å². The van der Waals surface area contributed by atoms with Gasteiger partial charge in [-0.05, 0) is 35.1 Å². The van der Waals surface area contributed by atoms with Gasteiger partial charge < -0.3 is 9.73 Å². The van der Waals surface area contributed by atoms with Crippen molar-refractivity contribution in [3.63, 3.8) is 0 Å². The summed E-state index contributed by atoms with van der Waals surface area (Å²) in [6.07, 6.45) is 0. The molecule has 0 fully saturated rings. The van der Waals surface area contributed by atoms with Crippen LogP contribution in [0.25, 0.3) is 11.0 Å². The Morgan fingerprint density at radius 1 is 1.37 bits per heavy atom. The number of aromatic nitrogens is 3. The van der Waals surface area contributed by atoms with E-state index in [1.807, 2.05) is 44.4 Å². The van der Waals surface area contributed by atoms with Crippen LogP contribution in [0.1, 0.15) is 17.5 Å². The minimum Gasteiger partial charge on any atom is -0.459 e. The first-order chi connectivity index (χ1) is 9.20. The van der Waals surface area contributed by atoms with E-state index in [0.717, 1.165) is 27.0 Å². The van der Waals surface area contributed by atoms with Gasteiger partial charge >= 0.3 is 0 Å². The Kier molecular flexibility index (Phi) is 3.12. The van der Waals surface area contributed by atoms with Gasteiger partial charge in [0, 0.05) is 12.4 Å². The molecule has 0 radical (unpaired) electrons. The summed E-state index contributed by atoms with van der Waals surface area (Å²) in [5.74, 6) is 0.842. The van der Waals surface area contributed by atoms with Crippen LogP contribution in [0.15, 0.2) is 39.4 Å². The van der Waals surface area contributed by atoms with Gasteiger partial charge in [0.25, 0.3) is 0 Å². The standard InChI is InChI=1S/C13H13BrN4O/c1-15-11(12-13(14)16-17-18(12)2)10-7-8-5-3-4-6-9(8)19-10/h3-7,11,15H,1-2H3. The van der Waals surface area contributed by atoms with Gasteiger partial charge in [-0.15, -0.1) is 5.10 Å². The third-order valence-corrected chi connectivity index (χ3v) is 3.68. The Labute approximate surface area is 118 Å². The average molecular weight is 321 g/mol. The van der Waals surface area contributed by atoms with Crippen molar-refractivity contribution >= 4 is 26.9 Å². The lowest BCUT2D eigenvalue weighted by atomic mass is 10.1. The lowest BCUT2D eigenvalue weighted by Crippen LogP contribution is -2.20. The number of nitrogens with zero attached hydrogens (tertiary/aromatic N) is 3. The van der Waals surface area contributed by atoms with E-state index in [-0.39, 0.29) is 6.04 Å². The lowest BCUT2D eigenvalue weighted by Gasteiger charge is -2.13. The maximum absolute atomic E-state index is 5.90. The summed E-state index contributed by atoms with van der Waals surface area (Å²) in [5.41, 5.74) is 1.81. The van der Waals surface area contributed by atoms with Gasteiger partial charge in [0.15, 0.2) is 4.60 Å². The number of benzene rings is 1. The molecule has 1 unspecified atom stereocenters. The van der Waals surface area contributed by atoms with Crippen molar-refractivity contribution in [2.24, 2.45) is 7.05 Å². The van der Waals surface area contributed by atoms with Gasteiger partial charge in [0.1, 0.15) is 17.4 Å². The molecular formula is C13H13BrN4O. The monoisotopic (exact) mass is 320 g/mol. The van der Waals surface area contributed by atoms with Crippen molar-refractivity contribution in [3.8, 4) is 0 Å². The third-order valence-electron chi connectivity index (χ3n) is 3.12. The molecule has 0 spiro atoms. The Balaban J connectivity index is 2.12. The largest absolute Gasteiger partial charge is 0.459 e. The summed E-state index contributed by atoms with van der Waals surface area (Å²) < 4.78 is 8.35. The Morgan fingerprint density at radius 3 is 2.79 bits per heavy atom. The van der Waals surface area contributed by atoms with E-state index >= 15 is 0 Å². The quantitative estimate of drug-likeness (QED) is 0.806. The number of para-hydroxylation sites is 1. The number of hydrogen-bond donors (Lipinski definition) is 1. The van der Waals surface area contributed by atoms with E-state index in [2.05, 4.69) is 31.6 Å². The molecule has 6 heteroatoms. The second-order valence-corrected chi connectivity index (χ2v) is 5.05. The molecule has 0 amide bonds. The van der Waals surface area contributed by atoms with Crippen molar-refractivity contribution in [1.29, 1.82) is 0 Å². The number of fused-ring (bicyclic) bond motifs is 1. The molecule has 0 bridgehead atoms. The molecule has 98 valence electrons. The first-order valence-electron chi connectivity index (χ1n) is 5.91. The fourth-order valence-corrected chi connectivity index (χ4v) is 2.76. The van der Waals surface area contributed by atoms with Crippen LogP contribution in [-0.4, -0.2) is 22.0 Å². The molecule has 0 saturated heterocycles. The number of nitrogens with one attached hydrogen (secondary N) is 1. The summed E-state index contributed by atoms with van der Waals surface area (Å²) in [6.45, 7) is 0. The zero-order chi connectivity index (χ0) is 13.4. The molecule has 0 aliphatic carbocycles. The molecule has 19 heavy (non-hydrogen) atoms. The molecule has 1 N–H and O–H groups in total. The van der Waals surface area contributed by atoms with Crippen LogP contribution in [0.2, 0.25) is 0 Å². The molecule has 0 saturated carbocycles. The normalized spacial score (nSPS) is 13.0. The van der Waals surface area contributed by atoms with Crippen molar-refractivity contribution in [3.05, 3.63) is 46.4 Å². The maximum Gasteiger partial charge on any atom is 0.153 e. The highest BCUT2D eigenvalue weighted by molar-refractivity contribution is 9.10. The molecule has 5 nitrogen and oxygen atoms in total. The van der Waals surface area contributed by atoms with Crippen LogP contribution in [-0.2, 0) is 7.05 Å². The highest BCUT2D eigenvalue weighted by Crippen LogP contribution is 2.30. The first kappa shape index (κ1) is 12.4. The summed E-state index contributed by atoms with van der Waals surface area (Å²) in [5, 5.41) is 12.3. The van der Waals surface area contributed by atoms with Crippen LogP contribution < -0.4 is 5.32 Å². The van der Waals surface area contributed by atoms with Crippen LogP contribution in [0, 0.1) is 0 Å². The van der Waals surface area contributed by atoms with Gasteiger partial charge in [-0.25, -0.2) is 4.68 Å². The van der Waals surface area contributed by atoms with E-state index < -0.39 is 0 Å². The van der Waals surface area contributed by atoms with Gasteiger partial charge in [-0.1, -0.05) is 23.4 Å². The number of aryl methyl sites for hydroxylation is 1. The Bertz CT molecular complexity index is 666. The third kappa shape index (κ3) is 2.06. The van der Waals surface area contributed by atoms with Crippen LogP contribution in [0.4, 0.5) is 0 Å². The van der Waals surface area contributed by atoms with E-state index in [0.29, 0.717) is 0 Å². The summed E-state index contributed by atoms with van der Waals surface area (Å²) in [7, 11) is 3.75. The zero-order valence-electron chi connectivity index (χ0n) is 10.6. The SMILES string of the molecule is CNC(c1cc2ccccc2o1)c1c(Br)nnn1C. The Hall–Kier alpha value is -1.66. The van der Waals surface area contributed by atoms with E-state index in [1.165, 1.54) is 0 Å². The molecular weight excluding hydrogens is 308 g/mol. The molecule has 1 aromatic carbocycles. The predicted molar refractivity (Wildman–Crippen MR) is 75.8 cm³/mol. The zero-order valence-corrected chi connectivity index (χ0v) is 12.2. The molecule has 3 aromatic rings. The summed E-state index contributed by atoms with van der Waals surface area (Å²) in [4.78, 5) is 0. The van der Waals surface area contributed by atoms with E-state index in [1.54, 1.807) is 4.68 Å². The van der Waals surface area contributed by atoms with E-state index in [9.17, 15) is 0 Å². The van der Waals surface area contributed by atoms with Gasteiger partial charge in [0.05, 0.1) is 5.69 Å². The van der Waals surface area contributed by atoms with Gasteiger partial charge in [0.2, 0.25) is 0 Å². The highest BCUT2D eigenvalue weighted by Gasteiger charge is 2.23. The fourth-order valence-electron chi connectivity index (χ4n) is 2.20. The second-order valence-electron chi connectivity index (χ2n) is 4.30. The molecule has 3 rings (SSSR count). The molecule has 1 atom stereocenters. The van der Waals surface area contributed by atoms with Crippen LogP contribution in [0.3, 0.4) is 0 Å². The number of rotatable bonds is 3. The van der Waals surface area contributed by atoms with Crippen molar-refractivity contribution in [2.75, 3.05) is 7.05 Å². The minimum atomic E-state index is -0.0956.